The van der Waals surface area contributed by atoms with Crippen molar-refractivity contribution in [1.82, 2.24) is 0 Å². The van der Waals surface area contributed by atoms with Crippen LogP contribution < -0.4 is 0 Å². The Hall–Kier alpha value is -1.99. The molecule has 0 unspecified atom stereocenters. The van der Waals surface area contributed by atoms with E-state index in [1.807, 2.05) is 0 Å². The Labute approximate surface area is 142 Å². The largest absolute Gasteiger partial charge is 0.166 e. The molecule has 0 spiro atoms. The Kier molecular flexibility index (Phi) is 5.19. The van der Waals surface area contributed by atoms with Crippen LogP contribution in [0.25, 0.3) is 0 Å². The van der Waals surface area contributed by atoms with Gasteiger partial charge in [-0.15, -0.1) is 0 Å². The topological polar surface area (TPSA) is 0 Å². The standard InChI is InChI=1S/C22H23S/c1-3-18-15-16-22(17-19(18)4-2)23(20-11-7-5-8-12-20)21-13-9-6-10-14-21/h5-17H,3-4H2,1-2H3/q+1. The molecule has 116 valence electrons. The first-order valence-electron chi connectivity index (χ1n) is 8.29. The summed E-state index contributed by atoms with van der Waals surface area (Å²) < 4.78 is 0. The van der Waals surface area contributed by atoms with Crippen molar-refractivity contribution < 1.29 is 0 Å². The highest BCUT2D eigenvalue weighted by Gasteiger charge is 2.28. The molecule has 0 saturated carbocycles. The van der Waals surface area contributed by atoms with Gasteiger partial charge in [0, 0.05) is 0 Å². The smallest absolute Gasteiger partial charge is 0.0619 e. The summed E-state index contributed by atoms with van der Waals surface area (Å²) >= 11 is 0. The van der Waals surface area contributed by atoms with Crippen molar-refractivity contribution in [3.8, 4) is 0 Å². The van der Waals surface area contributed by atoms with Crippen LogP contribution in [-0.2, 0) is 23.7 Å². The summed E-state index contributed by atoms with van der Waals surface area (Å²) in [5, 5.41) is 0. The zero-order valence-corrected chi connectivity index (χ0v) is 14.6. The van der Waals surface area contributed by atoms with Crippen molar-refractivity contribution >= 4 is 10.9 Å². The van der Waals surface area contributed by atoms with Gasteiger partial charge in [0.15, 0.2) is 14.7 Å². The van der Waals surface area contributed by atoms with Crippen LogP contribution in [0, 0.1) is 0 Å². The second kappa shape index (κ2) is 7.52. The predicted molar refractivity (Wildman–Crippen MR) is 100 cm³/mol. The van der Waals surface area contributed by atoms with E-state index in [4.69, 9.17) is 0 Å². The van der Waals surface area contributed by atoms with Crippen molar-refractivity contribution in [3.63, 3.8) is 0 Å². The van der Waals surface area contributed by atoms with Gasteiger partial charge in [-0.1, -0.05) is 56.3 Å². The van der Waals surface area contributed by atoms with Crippen molar-refractivity contribution in [1.29, 1.82) is 0 Å². The Morgan fingerprint density at radius 2 is 1.09 bits per heavy atom. The van der Waals surface area contributed by atoms with Gasteiger partial charge in [-0.2, -0.15) is 0 Å². The minimum absolute atomic E-state index is 0.0368. The van der Waals surface area contributed by atoms with Crippen LogP contribution in [0.15, 0.2) is 93.5 Å². The monoisotopic (exact) mass is 319 g/mol. The third kappa shape index (κ3) is 3.51. The van der Waals surface area contributed by atoms with Crippen LogP contribution in [-0.4, -0.2) is 0 Å². The zero-order chi connectivity index (χ0) is 16.1. The SMILES string of the molecule is CCc1ccc([S+](c2ccccc2)c2ccccc2)cc1CC. The number of hydrogen-bond donors (Lipinski definition) is 0. The van der Waals surface area contributed by atoms with E-state index in [1.54, 1.807) is 0 Å². The van der Waals surface area contributed by atoms with E-state index in [0.717, 1.165) is 12.8 Å². The second-order valence-corrected chi connectivity index (χ2v) is 7.60. The first kappa shape index (κ1) is 15.9. The Balaban J connectivity index is 2.13. The molecule has 0 aromatic heterocycles. The molecule has 0 radical (unpaired) electrons. The molecular formula is C22H23S+. The number of hydrogen-bond acceptors (Lipinski definition) is 0. The summed E-state index contributed by atoms with van der Waals surface area (Å²) in [6.45, 7) is 4.49. The molecule has 23 heavy (non-hydrogen) atoms. The van der Waals surface area contributed by atoms with Crippen molar-refractivity contribution in [2.45, 2.75) is 41.4 Å². The fourth-order valence-corrected chi connectivity index (χ4v) is 5.06. The average molecular weight is 319 g/mol. The van der Waals surface area contributed by atoms with E-state index in [0.29, 0.717) is 0 Å². The lowest BCUT2D eigenvalue weighted by Gasteiger charge is -2.11. The van der Waals surface area contributed by atoms with E-state index in [9.17, 15) is 0 Å². The molecule has 0 aliphatic heterocycles. The van der Waals surface area contributed by atoms with E-state index in [1.165, 1.54) is 25.8 Å². The highest BCUT2D eigenvalue weighted by Crippen LogP contribution is 2.32. The normalized spacial score (nSPS) is 10.9. The molecule has 0 bridgehead atoms. The summed E-state index contributed by atoms with van der Waals surface area (Å²) in [4.78, 5) is 4.17. The maximum absolute atomic E-state index is 2.42. The zero-order valence-electron chi connectivity index (χ0n) is 13.8. The van der Waals surface area contributed by atoms with Gasteiger partial charge in [0.25, 0.3) is 0 Å². The number of aryl methyl sites for hydroxylation is 2. The Morgan fingerprint density at radius 1 is 0.565 bits per heavy atom. The van der Waals surface area contributed by atoms with E-state index >= 15 is 0 Å². The van der Waals surface area contributed by atoms with E-state index in [2.05, 4.69) is 92.7 Å². The third-order valence-electron chi connectivity index (χ3n) is 4.13. The van der Waals surface area contributed by atoms with Crippen LogP contribution in [0.2, 0.25) is 0 Å². The summed E-state index contributed by atoms with van der Waals surface area (Å²) in [6.07, 6.45) is 2.20. The first-order chi connectivity index (χ1) is 11.3. The molecule has 0 heterocycles. The van der Waals surface area contributed by atoms with Crippen LogP contribution in [0.3, 0.4) is 0 Å². The molecule has 3 aromatic carbocycles. The fraction of sp³-hybridized carbons (Fsp3) is 0.182. The molecule has 0 fully saturated rings. The van der Waals surface area contributed by atoms with E-state index in [-0.39, 0.29) is 10.9 Å². The van der Waals surface area contributed by atoms with Gasteiger partial charge in [0.2, 0.25) is 0 Å². The van der Waals surface area contributed by atoms with Crippen LogP contribution in [0.1, 0.15) is 25.0 Å². The molecule has 0 amide bonds. The summed E-state index contributed by atoms with van der Waals surface area (Å²) in [7, 11) is -0.0368. The minimum atomic E-state index is -0.0368. The van der Waals surface area contributed by atoms with Gasteiger partial charge < -0.3 is 0 Å². The summed E-state index contributed by atoms with van der Waals surface area (Å²) in [5.41, 5.74) is 2.95. The van der Waals surface area contributed by atoms with Crippen LogP contribution in [0.5, 0.6) is 0 Å². The van der Waals surface area contributed by atoms with Gasteiger partial charge in [-0.25, -0.2) is 0 Å². The molecule has 3 rings (SSSR count). The van der Waals surface area contributed by atoms with Gasteiger partial charge >= 0.3 is 0 Å². The van der Waals surface area contributed by atoms with Crippen molar-refractivity contribution in [2.24, 2.45) is 0 Å². The summed E-state index contributed by atoms with van der Waals surface area (Å²) in [6, 6.07) is 28.8. The van der Waals surface area contributed by atoms with Crippen LogP contribution in [0.4, 0.5) is 0 Å². The van der Waals surface area contributed by atoms with Crippen LogP contribution >= 0.6 is 0 Å². The molecule has 0 aliphatic rings. The molecule has 3 aromatic rings. The highest BCUT2D eigenvalue weighted by molar-refractivity contribution is 7.97. The predicted octanol–water partition coefficient (Wildman–Crippen LogP) is 5.91. The fourth-order valence-electron chi connectivity index (χ4n) is 2.92. The lowest BCUT2D eigenvalue weighted by Crippen LogP contribution is -2.06. The highest BCUT2D eigenvalue weighted by atomic mass is 32.2. The van der Waals surface area contributed by atoms with Crippen molar-refractivity contribution in [2.75, 3.05) is 0 Å². The lowest BCUT2D eigenvalue weighted by atomic mass is 10.0. The molecule has 0 nitrogen and oxygen atoms in total. The first-order valence-corrected chi connectivity index (χ1v) is 9.52. The van der Waals surface area contributed by atoms with Crippen molar-refractivity contribution in [3.05, 3.63) is 90.0 Å². The maximum atomic E-state index is 2.42. The van der Waals surface area contributed by atoms with Gasteiger partial charge in [0.05, 0.1) is 10.9 Å². The van der Waals surface area contributed by atoms with Gasteiger partial charge in [0.1, 0.15) is 0 Å². The molecule has 1 heteroatoms. The molecule has 0 atom stereocenters. The molecule has 0 N–H and O–H groups in total. The Morgan fingerprint density at radius 3 is 1.57 bits per heavy atom. The Bertz CT molecular complexity index is 708. The molecule has 0 saturated heterocycles. The lowest BCUT2D eigenvalue weighted by molar-refractivity contribution is 1.02. The van der Waals surface area contributed by atoms with Gasteiger partial charge in [-0.3, -0.25) is 0 Å². The molecular weight excluding hydrogens is 296 g/mol. The van der Waals surface area contributed by atoms with E-state index < -0.39 is 0 Å². The molecule has 0 aliphatic carbocycles. The third-order valence-corrected chi connectivity index (χ3v) is 6.35. The quantitative estimate of drug-likeness (QED) is 0.513. The van der Waals surface area contributed by atoms with Gasteiger partial charge in [-0.05, 0) is 60.4 Å². The maximum Gasteiger partial charge on any atom is 0.166 e. The minimum Gasteiger partial charge on any atom is -0.0619 e. The number of rotatable bonds is 5. The average Bonchev–Trinajstić information content (AvgIpc) is 2.63. The number of benzene rings is 3. The second-order valence-electron chi connectivity index (χ2n) is 5.57. The summed E-state index contributed by atoms with van der Waals surface area (Å²) in [5.74, 6) is 0.